The Balaban J connectivity index is 0.00000180. The number of nitrogens with one attached hydrogen (secondary N) is 2. The lowest BCUT2D eigenvalue weighted by atomic mass is 10.0. The number of amides is 1. The van der Waals surface area contributed by atoms with Crippen molar-refractivity contribution in [3.63, 3.8) is 0 Å². The molecule has 1 aliphatic heterocycles. The Bertz CT molecular complexity index is 428. The van der Waals surface area contributed by atoms with Gasteiger partial charge < -0.3 is 10.6 Å². The molecule has 1 amide bonds. The molecular formula is C15H23ClN2O. The van der Waals surface area contributed by atoms with Crippen LogP contribution in [0, 0.1) is 13.8 Å². The minimum Gasteiger partial charge on any atom is -0.352 e. The van der Waals surface area contributed by atoms with Crippen molar-refractivity contribution in [3.05, 3.63) is 34.9 Å². The van der Waals surface area contributed by atoms with E-state index in [9.17, 15) is 4.79 Å². The molecule has 1 aromatic rings. The van der Waals surface area contributed by atoms with E-state index < -0.39 is 0 Å². The van der Waals surface area contributed by atoms with E-state index >= 15 is 0 Å². The van der Waals surface area contributed by atoms with E-state index in [4.69, 9.17) is 0 Å². The predicted molar refractivity (Wildman–Crippen MR) is 80.9 cm³/mol. The van der Waals surface area contributed by atoms with Gasteiger partial charge in [-0.25, -0.2) is 0 Å². The summed E-state index contributed by atoms with van der Waals surface area (Å²) in [7, 11) is 0. The van der Waals surface area contributed by atoms with Crippen molar-refractivity contribution in [1.82, 2.24) is 10.6 Å². The number of hydrogen-bond acceptors (Lipinski definition) is 2. The Labute approximate surface area is 121 Å². The van der Waals surface area contributed by atoms with Gasteiger partial charge in [-0.15, -0.1) is 12.4 Å². The molecule has 19 heavy (non-hydrogen) atoms. The van der Waals surface area contributed by atoms with Gasteiger partial charge in [0.2, 0.25) is 5.91 Å². The number of hydrogen-bond donors (Lipinski definition) is 2. The zero-order valence-electron chi connectivity index (χ0n) is 11.7. The fourth-order valence-electron chi connectivity index (χ4n) is 2.42. The van der Waals surface area contributed by atoms with E-state index in [1.807, 2.05) is 0 Å². The molecule has 1 aromatic carbocycles. The first-order valence-corrected chi connectivity index (χ1v) is 6.71. The van der Waals surface area contributed by atoms with Crippen molar-refractivity contribution >= 4 is 18.3 Å². The van der Waals surface area contributed by atoms with Crippen LogP contribution in [-0.4, -0.2) is 25.0 Å². The van der Waals surface area contributed by atoms with Gasteiger partial charge in [0, 0.05) is 12.6 Å². The first-order valence-electron chi connectivity index (χ1n) is 6.71. The lowest BCUT2D eigenvalue weighted by Crippen LogP contribution is -2.46. The average molecular weight is 283 g/mol. The van der Waals surface area contributed by atoms with Gasteiger partial charge in [-0.1, -0.05) is 23.8 Å². The largest absolute Gasteiger partial charge is 0.352 e. The first-order chi connectivity index (χ1) is 8.65. The average Bonchev–Trinajstić information content (AvgIpc) is 2.35. The Morgan fingerprint density at radius 2 is 2.21 bits per heavy atom. The van der Waals surface area contributed by atoms with Gasteiger partial charge in [-0.2, -0.15) is 0 Å². The van der Waals surface area contributed by atoms with Crippen LogP contribution >= 0.6 is 12.4 Å². The third-order valence-electron chi connectivity index (χ3n) is 3.52. The molecule has 0 saturated carbocycles. The molecule has 106 valence electrons. The van der Waals surface area contributed by atoms with Crippen LogP contribution in [0.2, 0.25) is 0 Å². The van der Waals surface area contributed by atoms with Crippen LogP contribution in [-0.2, 0) is 11.2 Å². The molecule has 1 aliphatic rings. The lowest BCUT2D eigenvalue weighted by molar-refractivity contribution is -0.121. The van der Waals surface area contributed by atoms with E-state index in [-0.39, 0.29) is 18.3 Å². The summed E-state index contributed by atoms with van der Waals surface area (Å²) in [6.07, 6.45) is 2.73. The summed E-state index contributed by atoms with van der Waals surface area (Å²) in [4.78, 5) is 12.0. The smallest absolute Gasteiger partial charge is 0.224 e. The molecule has 1 atom stereocenters. The minimum absolute atomic E-state index is 0. The number of benzene rings is 1. The minimum atomic E-state index is 0. The molecule has 0 aromatic heterocycles. The zero-order valence-corrected chi connectivity index (χ0v) is 12.5. The Hall–Kier alpha value is -1.06. The second-order valence-electron chi connectivity index (χ2n) is 5.22. The van der Waals surface area contributed by atoms with Crippen molar-refractivity contribution in [2.45, 2.75) is 39.2 Å². The topological polar surface area (TPSA) is 41.1 Å². The third kappa shape index (κ3) is 4.84. The van der Waals surface area contributed by atoms with Gasteiger partial charge in [-0.05, 0) is 44.4 Å². The highest BCUT2D eigenvalue weighted by Gasteiger charge is 2.15. The van der Waals surface area contributed by atoms with E-state index in [0.29, 0.717) is 12.5 Å². The third-order valence-corrected chi connectivity index (χ3v) is 3.52. The molecule has 1 fully saturated rings. The summed E-state index contributed by atoms with van der Waals surface area (Å²) in [5.41, 5.74) is 3.54. The summed E-state index contributed by atoms with van der Waals surface area (Å²) in [6.45, 7) is 6.10. The van der Waals surface area contributed by atoms with Gasteiger partial charge in [0.25, 0.3) is 0 Å². The highest BCUT2D eigenvalue weighted by Crippen LogP contribution is 2.11. The van der Waals surface area contributed by atoms with Crippen LogP contribution in [0.5, 0.6) is 0 Å². The normalized spacial score (nSPS) is 18.5. The molecule has 3 nitrogen and oxygen atoms in total. The molecule has 0 aliphatic carbocycles. The number of carbonyl (C=O) groups excluding carboxylic acids is 1. The maximum Gasteiger partial charge on any atom is 0.224 e. The van der Waals surface area contributed by atoms with Crippen molar-refractivity contribution in [3.8, 4) is 0 Å². The number of carbonyl (C=O) groups is 1. The SMILES string of the molecule is Cc1ccc(C)c(CC(=O)NC2CCCNC2)c1.Cl. The highest BCUT2D eigenvalue weighted by molar-refractivity contribution is 5.85. The molecule has 1 heterocycles. The summed E-state index contributed by atoms with van der Waals surface area (Å²) < 4.78 is 0. The van der Waals surface area contributed by atoms with E-state index in [1.54, 1.807) is 0 Å². The standard InChI is InChI=1S/C15H22N2O.ClH/c1-11-5-6-12(2)13(8-11)9-15(18)17-14-4-3-7-16-10-14;/h5-6,8,14,16H,3-4,7,9-10H2,1-2H3,(H,17,18);1H. The van der Waals surface area contributed by atoms with E-state index in [1.165, 1.54) is 11.1 Å². The maximum absolute atomic E-state index is 12.0. The van der Waals surface area contributed by atoms with Gasteiger partial charge >= 0.3 is 0 Å². The molecular weight excluding hydrogens is 260 g/mol. The van der Waals surface area contributed by atoms with Crippen LogP contribution in [0.1, 0.15) is 29.5 Å². The second kappa shape index (κ2) is 7.51. The van der Waals surface area contributed by atoms with Crippen LogP contribution in [0.4, 0.5) is 0 Å². The summed E-state index contributed by atoms with van der Waals surface area (Å²) in [5, 5.41) is 6.42. The van der Waals surface area contributed by atoms with Crippen LogP contribution in [0.25, 0.3) is 0 Å². The Morgan fingerprint density at radius 1 is 1.42 bits per heavy atom. The number of halogens is 1. The van der Waals surface area contributed by atoms with Crippen LogP contribution in [0.15, 0.2) is 18.2 Å². The fourth-order valence-corrected chi connectivity index (χ4v) is 2.42. The highest BCUT2D eigenvalue weighted by atomic mass is 35.5. The lowest BCUT2D eigenvalue weighted by Gasteiger charge is -2.24. The summed E-state index contributed by atoms with van der Waals surface area (Å²) in [6, 6.07) is 6.58. The van der Waals surface area contributed by atoms with Crippen molar-refractivity contribution in [2.75, 3.05) is 13.1 Å². The fraction of sp³-hybridized carbons (Fsp3) is 0.533. The van der Waals surface area contributed by atoms with E-state index in [2.05, 4.69) is 42.7 Å². The molecule has 0 radical (unpaired) electrons. The van der Waals surface area contributed by atoms with Gasteiger partial charge in [0.1, 0.15) is 0 Å². The molecule has 2 N–H and O–H groups in total. The van der Waals surface area contributed by atoms with Crippen LogP contribution < -0.4 is 10.6 Å². The Morgan fingerprint density at radius 3 is 2.89 bits per heavy atom. The van der Waals surface area contributed by atoms with Gasteiger partial charge in [0.15, 0.2) is 0 Å². The quantitative estimate of drug-likeness (QED) is 0.892. The maximum atomic E-state index is 12.0. The molecule has 0 bridgehead atoms. The molecule has 1 saturated heterocycles. The van der Waals surface area contributed by atoms with Crippen LogP contribution in [0.3, 0.4) is 0 Å². The number of piperidine rings is 1. The van der Waals surface area contributed by atoms with Gasteiger partial charge in [-0.3, -0.25) is 4.79 Å². The van der Waals surface area contributed by atoms with Crippen molar-refractivity contribution in [2.24, 2.45) is 0 Å². The molecule has 0 spiro atoms. The summed E-state index contributed by atoms with van der Waals surface area (Å²) >= 11 is 0. The molecule has 2 rings (SSSR count). The zero-order chi connectivity index (χ0) is 13.0. The first kappa shape index (κ1) is 16.0. The van der Waals surface area contributed by atoms with Crippen molar-refractivity contribution in [1.29, 1.82) is 0 Å². The second-order valence-corrected chi connectivity index (χ2v) is 5.22. The molecule has 4 heteroatoms. The monoisotopic (exact) mass is 282 g/mol. The number of rotatable bonds is 3. The van der Waals surface area contributed by atoms with Crippen molar-refractivity contribution < 1.29 is 4.79 Å². The summed E-state index contributed by atoms with van der Waals surface area (Å²) in [5.74, 6) is 0.136. The predicted octanol–water partition coefficient (Wildman–Crippen LogP) is 2.14. The van der Waals surface area contributed by atoms with E-state index in [0.717, 1.165) is 31.5 Å². The molecule has 1 unspecified atom stereocenters. The van der Waals surface area contributed by atoms with Gasteiger partial charge in [0.05, 0.1) is 6.42 Å². The Kier molecular flexibility index (Phi) is 6.32. The number of aryl methyl sites for hydroxylation is 2.